The van der Waals surface area contributed by atoms with Crippen molar-refractivity contribution in [3.05, 3.63) is 90.0 Å². The molecule has 1 N–H and O–H groups in total. The molecular weight excluding hydrogens is 352 g/mol. The molecule has 28 heavy (non-hydrogen) atoms. The van der Waals surface area contributed by atoms with Gasteiger partial charge in [-0.1, -0.05) is 30.3 Å². The summed E-state index contributed by atoms with van der Waals surface area (Å²) in [6.07, 6.45) is -0.679. The van der Waals surface area contributed by atoms with Crippen LogP contribution < -0.4 is 14.8 Å². The second-order valence-electron chi connectivity index (χ2n) is 6.18. The van der Waals surface area contributed by atoms with E-state index in [4.69, 9.17) is 14.7 Å². The Balaban J connectivity index is 1.51. The number of amides is 1. The lowest BCUT2D eigenvalue weighted by Gasteiger charge is -2.15. The highest BCUT2D eigenvalue weighted by atomic mass is 16.5. The first-order chi connectivity index (χ1) is 13.6. The summed E-state index contributed by atoms with van der Waals surface area (Å²) < 4.78 is 11.4. The number of hydrogen-bond donors (Lipinski definition) is 1. The summed E-state index contributed by atoms with van der Waals surface area (Å²) in [6, 6.07) is 25.8. The summed E-state index contributed by atoms with van der Waals surface area (Å²) in [6.45, 7) is 2.16. The van der Waals surface area contributed by atoms with Crippen LogP contribution in [0.3, 0.4) is 0 Å². The van der Waals surface area contributed by atoms with Crippen LogP contribution in [0.1, 0.15) is 18.1 Å². The topological polar surface area (TPSA) is 71.3 Å². The van der Waals surface area contributed by atoms with Crippen LogP contribution >= 0.6 is 0 Å². The second-order valence-corrected chi connectivity index (χ2v) is 6.18. The number of carbonyl (C=O) groups excluding carboxylic acids is 1. The average Bonchev–Trinajstić information content (AvgIpc) is 2.74. The largest absolute Gasteiger partial charge is 0.489 e. The van der Waals surface area contributed by atoms with Crippen molar-refractivity contribution in [2.75, 3.05) is 5.32 Å². The third-order valence-electron chi connectivity index (χ3n) is 4.04. The molecule has 0 aliphatic heterocycles. The molecule has 3 rings (SSSR count). The third kappa shape index (κ3) is 5.36. The zero-order valence-corrected chi connectivity index (χ0v) is 15.5. The van der Waals surface area contributed by atoms with Gasteiger partial charge in [0.1, 0.15) is 18.1 Å². The molecule has 0 aliphatic carbocycles. The van der Waals surface area contributed by atoms with Crippen LogP contribution in [0.5, 0.6) is 11.5 Å². The lowest BCUT2D eigenvalue weighted by molar-refractivity contribution is -0.122. The molecule has 0 aliphatic rings. The van der Waals surface area contributed by atoms with Crippen LogP contribution in [-0.4, -0.2) is 12.0 Å². The van der Waals surface area contributed by atoms with Gasteiger partial charge < -0.3 is 14.8 Å². The Morgan fingerprint density at radius 1 is 0.964 bits per heavy atom. The molecule has 0 unspecified atom stereocenters. The predicted octanol–water partition coefficient (Wildman–Crippen LogP) is 4.54. The van der Waals surface area contributed by atoms with Crippen LogP contribution in [0.25, 0.3) is 0 Å². The maximum atomic E-state index is 12.3. The first-order valence-corrected chi connectivity index (χ1v) is 8.88. The van der Waals surface area contributed by atoms with Crippen LogP contribution in [-0.2, 0) is 11.4 Å². The number of benzene rings is 3. The molecular formula is C23H20N2O3. The highest BCUT2D eigenvalue weighted by molar-refractivity contribution is 5.94. The van der Waals surface area contributed by atoms with Crippen LogP contribution in [0.4, 0.5) is 5.69 Å². The van der Waals surface area contributed by atoms with Crippen molar-refractivity contribution in [3.8, 4) is 17.6 Å². The Labute approximate surface area is 164 Å². The van der Waals surface area contributed by atoms with Gasteiger partial charge in [0.25, 0.3) is 5.91 Å². The molecule has 0 radical (unpaired) electrons. The third-order valence-corrected chi connectivity index (χ3v) is 4.04. The number of rotatable bonds is 7. The predicted molar refractivity (Wildman–Crippen MR) is 107 cm³/mol. The maximum absolute atomic E-state index is 12.3. The van der Waals surface area contributed by atoms with E-state index in [1.165, 1.54) is 0 Å². The monoisotopic (exact) mass is 372 g/mol. The van der Waals surface area contributed by atoms with Gasteiger partial charge in [-0.15, -0.1) is 0 Å². The number of nitrogens with zero attached hydrogens (tertiary/aromatic N) is 1. The molecule has 140 valence electrons. The van der Waals surface area contributed by atoms with Gasteiger partial charge in [0, 0.05) is 5.69 Å². The van der Waals surface area contributed by atoms with E-state index >= 15 is 0 Å². The molecule has 0 bridgehead atoms. The van der Waals surface area contributed by atoms with Gasteiger partial charge in [-0.3, -0.25) is 4.79 Å². The van der Waals surface area contributed by atoms with E-state index in [0.29, 0.717) is 23.6 Å². The Hall–Kier alpha value is -3.78. The van der Waals surface area contributed by atoms with Gasteiger partial charge in [-0.05, 0) is 61.0 Å². The number of hydrogen-bond acceptors (Lipinski definition) is 4. The smallest absolute Gasteiger partial charge is 0.265 e. The van der Waals surface area contributed by atoms with Crippen LogP contribution in [0.15, 0.2) is 78.9 Å². The Kier molecular flexibility index (Phi) is 6.27. The molecule has 5 nitrogen and oxygen atoms in total. The number of ether oxygens (including phenoxy) is 2. The molecule has 0 heterocycles. The number of nitrogens with one attached hydrogen (secondary N) is 1. The number of carbonyl (C=O) groups is 1. The Morgan fingerprint density at radius 2 is 1.61 bits per heavy atom. The minimum absolute atomic E-state index is 0.262. The lowest BCUT2D eigenvalue weighted by Crippen LogP contribution is -2.30. The fourth-order valence-electron chi connectivity index (χ4n) is 2.48. The molecule has 0 fully saturated rings. The van der Waals surface area contributed by atoms with Crippen molar-refractivity contribution in [3.63, 3.8) is 0 Å². The van der Waals surface area contributed by atoms with E-state index in [1.807, 2.05) is 48.5 Å². The summed E-state index contributed by atoms with van der Waals surface area (Å²) in [7, 11) is 0. The second kappa shape index (κ2) is 9.24. The fraction of sp³-hybridized carbons (Fsp3) is 0.130. The summed E-state index contributed by atoms with van der Waals surface area (Å²) in [5.41, 5.74) is 2.29. The first kappa shape index (κ1) is 19.0. The molecule has 0 spiro atoms. The highest BCUT2D eigenvalue weighted by Gasteiger charge is 2.15. The minimum atomic E-state index is -0.679. The summed E-state index contributed by atoms with van der Waals surface area (Å²) in [4.78, 5) is 12.3. The molecule has 0 aromatic heterocycles. The van der Waals surface area contributed by atoms with Crippen LogP contribution in [0, 0.1) is 11.3 Å². The Bertz CT molecular complexity index is 946. The molecule has 1 atom stereocenters. The minimum Gasteiger partial charge on any atom is -0.489 e. The average molecular weight is 372 g/mol. The molecule has 0 saturated heterocycles. The van der Waals surface area contributed by atoms with E-state index in [9.17, 15) is 4.79 Å². The van der Waals surface area contributed by atoms with E-state index in [0.717, 1.165) is 11.3 Å². The number of nitriles is 1. The first-order valence-electron chi connectivity index (χ1n) is 8.88. The normalized spacial score (nSPS) is 11.1. The van der Waals surface area contributed by atoms with Gasteiger partial charge in [-0.2, -0.15) is 5.26 Å². The quantitative estimate of drug-likeness (QED) is 0.661. The standard InChI is InChI=1S/C23H20N2O3/c1-17(28-22-11-7-18(15-24)8-12-22)23(26)25-20-9-13-21(14-10-20)27-16-19-5-3-2-4-6-19/h2-14,17H,16H2,1H3,(H,25,26)/t17-/m0/s1. The van der Waals surface area contributed by atoms with Crippen molar-refractivity contribution in [1.29, 1.82) is 5.26 Å². The van der Waals surface area contributed by atoms with Crippen molar-refractivity contribution >= 4 is 11.6 Å². The van der Waals surface area contributed by atoms with Crippen molar-refractivity contribution < 1.29 is 14.3 Å². The zero-order valence-electron chi connectivity index (χ0n) is 15.5. The van der Waals surface area contributed by atoms with Crippen LogP contribution in [0.2, 0.25) is 0 Å². The Morgan fingerprint density at radius 3 is 2.25 bits per heavy atom. The van der Waals surface area contributed by atoms with E-state index in [1.54, 1.807) is 43.3 Å². The summed E-state index contributed by atoms with van der Waals surface area (Å²) in [5, 5.41) is 11.6. The van der Waals surface area contributed by atoms with Crippen molar-refractivity contribution in [2.45, 2.75) is 19.6 Å². The van der Waals surface area contributed by atoms with E-state index in [2.05, 4.69) is 5.32 Å². The van der Waals surface area contributed by atoms with E-state index in [-0.39, 0.29) is 5.91 Å². The van der Waals surface area contributed by atoms with Gasteiger partial charge in [-0.25, -0.2) is 0 Å². The van der Waals surface area contributed by atoms with Gasteiger partial charge in [0.05, 0.1) is 11.6 Å². The fourth-order valence-corrected chi connectivity index (χ4v) is 2.48. The molecule has 1 amide bonds. The number of anilines is 1. The lowest BCUT2D eigenvalue weighted by atomic mass is 10.2. The van der Waals surface area contributed by atoms with Crippen molar-refractivity contribution in [2.24, 2.45) is 0 Å². The summed E-state index contributed by atoms with van der Waals surface area (Å²) >= 11 is 0. The SMILES string of the molecule is C[C@H](Oc1ccc(C#N)cc1)C(=O)Nc1ccc(OCc2ccccc2)cc1. The van der Waals surface area contributed by atoms with E-state index < -0.39 is 6.10 Å². The maximum Gasteiger partial charge on any atom is 0.265 e. The zero-order chi connectivity index (χ0) is 19.8. The molecule has 5 heteroatoms. The van der Waals surface area contributed by atoms with Gasteiger partial charge >= 0.3 is 0 Å². The van der Waals surface area contributed by atoms with Gasteiger partial charge in [0.15, 0.2) is 6.10 Å². The highest BCUT2D eigenvalue weighted by Crippen LogP contribution is 2.18. The molecule has 0 saturated carbocycles. The molecule has 3 aromatic rings. The van der Waals surface area contributed by atoms with Crippen molar-refractivity contribution in [1.82, 2.24) is 0 Å². The van der Waals surface area contributed by atoms with Gasteiger partial charge in [0.2, 0.25) is 0 Å². The molecule has 3 aromatic carbocycles. The summed E-state index contributed by atoms with van der Waals surface area (Å²) in [5.74, 6) is 0.998.